The lowest BCUT2D eigenvalue weighted by Gasteiger charge is -2.46. The molecule has 0 aliphatic carbocycles. The van der Waals surface area contributed by atoms with Gasteiger partial charge in [0.05, 0.1) is 18.4 Å². The summed E-state index contributed by atoms with van der Waals surface area (Å²) in [5, 5.41) is 0. The maximum atomic E-state index is 12.4. The molecule has 0 spiro atoms. The van der Waals surface area contributed by atoms with Gasteiger partial charge in [0, 0.05) is 49.2 Å². The summed E-state index contributed by atoms with van der Waals surface area (Å²) in [6, 6.07) is 26.3. The molecule has 1 fully saturated rings. The number of nitrogens with zero attached hydrogens (tertiary/aromatic N) is 6. The molecule has 0 radical (unpaired) electrons. The molecular formula is C35H33N7O3. The summed E-state index contributed by atoms with van der Waals surface area (Å²) in [7, 11) is 1.44. The molecule has 3 aromatic heterocycles. The van der Waals surface area contributed by atoms with Crippen molar-refractivity contribution in [2.24, 2.45) is 0 Å². The largest absolute Gasteiger partial charge is 0.491 e. The van der Waals surface area contributed by atoms with Crippen molar-refractivity contribution < 1.29 is 4.74 Å². The van der Waals surface area contributed by atoms with Gasteiger partial charge in [-0.2, -0.15) is 0 Å². The van der Waals surface area contributed by atoms with E-state index in [1.54, 1.807) is 6.20 Å². The van der Waals surface area contributed by atoms with Crippen LogP contribution in [-0.4, -0.2) is 56.7 Å². The first-order valence-electron chi connectivity index (χ1n) is 15.0. The van der Waals surface area contributed by atoms with Crippen LogP contribution in [0, 0.1) is 0 Å². The van der Waals surface area contributed by atoms with Crippen LogP contribution in [0.1, 0.15) is 19.4 Å². The van der Waals surface area contributed by atoms with Gasteiger partial charge >= 0.3 is 0 Å². The van der Waals surface area contributed by atoms with Crippen LogP contribution < -0.4 is 26.2 Å². The Morgan fingerprint density at radius 3 is 2.29 bits per heavy atom. The SMILES string of the molecule is COc1c(N2[C@H](C)CN(Cc3ccc(-n4c(-c5cccnc5N)nc5ccc(-c6ccccc6)nc54)cc3)C[C@H]2C)c(=O)c1=O. The fourth-order valence-electron chi connectivity index (χ4n) is 6.55. The highest BCUT2D eigenvalue weighted by atomic mass is 16.5. The summed E-state index contributed by atoms with van der Waals surface area (Å²) in [5.41, 5.74) is 11.9. The molecule has 2 atom stereocenters. The van der Waals surface area contributed by atoms with Crippen LogP contribution in [0.2, 0.25) is 0 Å². The minimum Gasteiger partial charge on any atom is -0.491 e. The smallest absolute Gasteiger partial charge is 0.272 e. The lowest BCUT2D eigenvalue weighted by atomic mass is 10.0. The number of piperazine rings is 1. The van der Waals surface area contributed by atoms with Crippen LogP contribution in [0.4, 0.5) is 11.5 Å². The minimum absolute atomic E-state index is 0.0416. The molecule has 3 aromatic carbocycles. The van der Waals surface area contributed by atoms with Gasteiger partial charge in [0.25, 0.3) is 10.9 Å². The molecule has 1 saturated heterocycles. The zero-order valence-corrected chi connectivity index (χ0v) is 25.3. The summed E-state index contributed by atoms with van der Waals surface area (Å²) in [5.74, 6) is 1.25. The van der Waals surface area contributed by atoms with Gasteiger partial charge in [0.2, 0.25) is 0 Å². The lowest BCUT2D eigenvalue weighted by Crippen LogP contribution is -2.59. The normalized spacial score (nSPS) is 17.3. The molecule has 2 N–H and O–H groups in total. The molecule has 10 nitrogen and oxygen atoms in total. The third kappa shape index (κ3) is 4.93. The number of nitrogen functional groups attached to an aromatic ring is 1. The summed E-state index contributed by atoms with van der Waals surface area (Å²) < 4.78 is 7.27. The second-order valence-electron chi connectivity index (χ2n) is 11.6. The number of hydrogen-bond donors (Lipinski definition) is 1. The van der Waals surface area contributed by atoms with E-state index < -0.39 is 10.9 Å². The van der Waals surface area contributed by atoms with Crippen LogP contribution in [0.25, 0.3) is 39.5 Å². The Morgan fingerprint density at radius 2 is 1.60 bits per heavy atom. The van der Waals surface area contributed by atoms with E-state index in [9.17, 15) is 9.59 Å². The molecule has 0 unspecified atom stereocenters. The molecule has 6 aromatic rings. The second-order valence-corrected chi connectivity index (χ2v) is 11.6. The third-order valence-electron chi connectivity index (χ3n) is 8.55. The monoisotopic (exact) mass is 599 g/mol. The molecule has 7 rings (SSSR count). The summed E-state index contributed by atoms with van der Waals surface area (Å²) in [6.45, 7) is 6.40. The maximum absolute atomic E-state index is 12.4. The van der Waals surface area contributed by atoms with Crippen molar-refractivity contribution in [2.45, 2.75) is 32.5 Å². The molecule has 10 heteroatoms. The number of methoxy groups -OCH3 is 1. The van der Waals surface area contributed by atoms with Crippen molar-refractivity contribution in [1.29, 1.82) is 0 Å². The second kappa shape index (κ2) is 11.3. The minimum atomic E-state index is -0.541. The quantitative estimate of drug-likeness (QED) is 0.266. The fourth-order valence-corrected chi connectivity index (χ4v) is 6.55. The molecular weight excluding hydrogens is 566 g/mol. The summed E-state index contributed by atoms with van der Waals surface area (Å²) in [6.07, 6.45) is 1.67. The summed E-state index contributed by atoms with van der Waals surface area (Å²) in [4.78, 5) is 43.1. The van der Waals surface area contributed by atoms with Gasteiger partial charge in [-0.05, 0) is 55.8 Å². The van der Waals surface area contributed by atoms with E-state index in [4.69, 9.17) is 20.4 Å². The zero-order valence-electron chi connectivity index (χ0n) is 25.3. The fraction of sp³-hybridized carbons (Fsp3) is 0.229. The Hall–Kier alpha value is -5.35. The van der Waals surface area contributed by atoms with Crippen molar-refractivity contribution in [3.63, 3.8) is 0 Å². The van der Waals surface area contributed by atoms with Crippen molar-refractivity contribution in [1.82, 2.24) is 24.4 Å². The Labute approximate surface area is 260 Å². The number of nitrogens with two attached hydrogens (primary N) is 1. The Balaban J connectivity index is 1.19. The molecule has 0 bridgehead atoms. The first-order valence-corrected chi connectivity index (χ1v) is 15.0. The van der Waals surface area contributed by atoms with E-state index in [0.717, 1.165) is 58.9 Å². The predicted octanol–water partition coefficient (Wildman–Crippen LogP) is 4.44. The van der Waals surface area contributed by atoms with Gasteiger partial charge in [-0.25, -0.2) is 15.0 Å². The number of benzene rings is 2. The highest BCUT2D eigenvalue weighted by Crippen LogP contribution is 2.33. The predicted molar refractivity (Wildman–Crippen MR) is 177 cm³/mol. The van der Waals surface area contributed by atoms with Gasteiger partial charge in [-0.1, -0.05) is 42.5 Å². The van der Waals surface area contributed by atoms with Gasteiger partial charge in [0.1, 0.15) is 17.0 Å². The first-order chi connectivity index (χ1) is 21.8. The zero-order chi connectivity index (χ0) is 31.2. The van der Waals surface area contributed by atoms with Crippen LogP contribution in [0.3, 0.4) is 0 Å². The van der Waals surface area contributed by atoms with Gasteiger partial charge < -0.3 is 15.4 Å². The average molecular weight is 600 g/mol. The average Bonchev–Trinajstić information content (AvgIpc) is 3.43. The van der Waals surface area contributed by atoms with Gasteiger partial charge in [-0.3, -0.25) is 19.1 Å². The Bertz CT molecular complexity index is 2070. The number of hydrogen-bond acceptors (Lipinski definition) is 9. The number of aromatic nitrogens is 4. The number of ether oxygens (including phenoxy) is 1. The Morgan fingerprint density at radius 1 is 0.867 bits per heavy atom. The molecule has 1 aliphatic rings. The molecule has 0 saturated carbocycles. The van der Waals surface area contributed by atoms with Gasteiger partial charge in [-0.15, -0.1) is 0 Å². The van der Waals surface area contributed by atoms with E-state index >= 15 is 0 Å². The third-order valence-corrected chi connectivity index (χ3v) is 8.55. The van der Waals surface area contributed by atoms with Crippen LogP contribution in [0.15, 0.2) is 94.6 Å². The molecule has 4 heterocycles. The number of fused-ring (bicyclic) bond motifs is 1. The lowest BCUT2D eigenvalue weighted by molar-refractivity contribution is 0.191. The Kier molecular flexibility index (Phi) is 7.13. The van der Waals surface area contributed by atoms with Crippen molar-refractivity contribution in [2.75, 3.05) is 30.8 Å². The van der Waals surface area contributed by atoms with E-state index in [2.05, 4.69) is 48.0 Å². The molecule has 45 heavy (non-hydrogen) atoms. The molecule has 1 aliphatic heterocycles. The van der Waals surface area contributed by atoms with E-state index in [-0.39, 0.29) is 17.8 Å². The number of imidazole rings is 1. The standard InChI is InChI=1S/C35H33N7O3/c1-21-18-40(19-22(2)41(21)29-30(43)31(44)32(29)45-3)20-23-11-13-25(14-12-23)42-34(26-10-7-17-37-33(26)36)39-28-16-15-27(38-35(28)42)24-8-5-4-6-9-24/h4-17,21-22H,18-20H2,1-3H3,(H2,36,37)/t21-,22-/m1/s1. The molecule has 226 valence electrons. The topological polar surface area (TPSA) is 119 Å². The van der Waals surface area contributed by atoms with Crippen molar-refractivity contribution in [3.05, 3.63) is 111 Å². The van der Waals surface area contributed by atoms with Crippen molar-refractivity contribution >= 4 is 22.7 Å². The molecule has 0 amide bonds. The van der Waals surface area contributed by atoms with Crippen molar-refractivity contribution in [3.8, 4) is 34.1 Å². The van der Waals surface area contributed by atoms with Crippen LogP contribution in [0.5, 0.6) is 5.75 Å². The van der Waals surface area contributed by atoms with Crippen LogP contribution >= 0.6 is 0 Å². The van der Waals surface area contributed by atoms with E-state index in [0.29, 0.717) is 17.3 Å². The first kappa shape index (κ1) is 28.4. The number of anilines is 2. The van der Waals surface area contributed by atoms with Gasteiger partial charge in [0.15, 0.2) is 17.2 Å². The van der Waals surface area contributed by atoms with E-state index in [1.165, 1.54) is 7.11 Å². The number of rotatable bonds is 7. The highest BCUT2D eigenvalue weighted by molar-refractivity contribution is 5.84. The highest BCUT2D eigenvalue weighted by Gasteiger charge is 2.36. The summed E-state index contributed by atoms with van der Waals surface area (Å²) >= 11 is 0. The maximum Gasteiger partial charge on any atom is 0.272 e. The number of pyridine rings is 2. The van der Waals surface area contributed by atoms with E-state index in [1.807, 2.05) is 64.1 Å². The van der Waals surface area contributed by atoms with Crippen LogP contribution in [-0.2, 0) is 6.54 Å².